The molecule has 0 spiro atoms. The molecule has 0 aliphatic heterocycles. The second kappa shape index (κ2) is 8.11. The van der Waals surface area contributed by atoms with Crippen LogP contribution in [0.4, 0.5) is 5.69 Å². The number of nitro groups is 1. The van der Waals surface area contributed by atoms with Gasteiger partial charge in [0.05, 0.1) is 22.5 Å². The Balaban J connectivity index is 2.24. The fraction of sp³-hybridized carbons (Fsp3) is 0.0500. The van der Waals surface area contributed by atoms with Gasteiger partial charge in [0.2, 0.25) is 15.6 Å². The summed E-state index contributed by atoms with van der Waals surface area (Å²) in [6, 6.07) is 15.8. The number of rotatable bonds is 6. The Morgan fingerprint density at radius 1 is 1.00 bits per heavy atom. The van der Waals surface area contributed by atoms with Crippen LogP contribution in [0.1, 0.15) is 21.9 Å². The van der Waals surface area contributed by atoms with E-state index >= 15 is 0 Å². The van der Waals surface area contributed by atoms with Crippen molar-refractivity contribution >= 4 is 32.5 Å². The number of hydrogen-bond donors (Lipinski definition) is 0. The van der Waals surface area contributed by atoms with Gasteiger partial charge in [-0.3, -0.25) is 10.1 Å². The van der Waals surface area contributed by atoms with Crippen LogP contribution in [0.2, 0.25) is 0 Å². The van der Waals surface area contributed by atoms with Crippen molar-refractivity contribution in [3.63, 3.8) is 0 Å². The van der Waals surface area contributed by atoms with Crippen molar-refractivity contribution < 1.29 is 27.3 Å². The molecule has 29 heavy (non-hydrogen) atoms. The predicted molar refractivity (Wildman–Crippen MR) is 105 cm³/mol. The molecule has 1 aromatic heterocycles. The highest BCUT2D eigenvalue weighted by Crippen LogP contribution is 2.33. The second-order valence-corrected chi connectivity index (χ2v) is 7.71. The minimum absolute atomic E-state index is 0.0270. The zero-order valence-corrected chi connectivity index (χ0v) is 16.0. The van der Waals surface area contributed by atoms with Gasteiger partial charge in [-0.05, 0) is 36.4 Å². The Hall–Kier alpha value is -3.72. The van der Waals surface area contributed by atoms with Crippen LogP contribution in [0, 0.1) is 10.1 Å². The first kappa shape index (κ1) is 20.0. The fourth-order valence-corrected chi connectivity index (χ4v) is 4.03. The number of esters is 1. The predicted octanol–water partition coefficient (Wildman–Crippen LogP) is 3.95. The van der Waals surface area contributed by atoms with Crippen molar-refractivity contribution in [1.29, 1.82) is 0 Å². The Kier molecular flexibility index (Phi) is 5.60. The number of nitro benzene ring substituents is 1. The number of benzene rings is 2. The molecule has 0 radical (unpaired) electrons. The molecule has 1 heterocycles. The summed E-state index contributed by atoms with van der Waals surface area (Å²) in [5.41, 5.74) is -0.198. The molecule has 148 valence electrons. The van der Waals surface area contributed by atoms with Gasteiger partial charge < -0.3 is 9.15 Å². The number of carbonyl (C=O) groups is 1. The van der Waals surface area contributed by atoms with Crippen molar-refractivity contribution in [3.8, 4) is 0 Å². The molecule has 0 N–H and O–H groups in total. The topological polar surface area (TPSA) is 117 Å². The van der Waals surface area contributed by atoms with E-state index < -0.39 is 20.7 Å². The summed E-state index contributed by atoms with van der Waals surface area (Å²) in [6.07, 6.45) is 1.15. The third kappa shape index (κ3) is 4.09. The number of methoxy groups -OCH3 is 1. The van der Waals surface area contributed by atoms with Crippen LogP contribution in [-0.4, -0.2) is 26.4 Å². The van der Waals surface area contributed by atoms with E-state index in [2.05, 4.69) is 4.74 Å². The number of hydrogen-bond acceptors (Lipinski definition) is 7. The highest BCUT2D eigenvalue weighted by atomic mass is 32.2. The van der Waals surface area contributed by atoms with E-state index in [-0.39, 0.29) is 32.6 Å². The van der Waals surface area contributed by atoms with E-state index in [1.807, 2.05) is 0 Å². The van der Waals surface area contributed by atoms with Gasteiger partial charge in [-0.15, -0.1) is 0 Å². The summed E-state index contributed by atoms with van der Waals surface area (Å²) in [5.74, 6) is -1.12. The average molecular weight is 413 g/mol. The normalized spacial score (nSPS) is 11.8. The SMILES string of the molecule is COC(=O)c1ccc(C(=Cc2ccccc2[N+](=O)[O-])S(=O)(=O)c2ccccc2)o1. The van der Waals surface area contributed by atoms with Crippen molar-refractivity contribution in [1.82, 2.24) is 0 Å². The summed E-state index contributed by atoms with van der Waals surface area (Å²) in [6.45, 7) is 0. The third-order valence-corrected chi connectivity index (χ3v) is 5.79. The molecule has 8 nitrogen and oxygen atoms in total. The van der Waals surface area contributed by atoms with Crippen LogP contribution >= 0.6 is 0 Å². The molecule has 0 aliphatic carbocycles. The molecule has 9 heteroatoms. The molecular weight excluding hydrogens is 398 g/mol. The number of carbonyl (C=O) groups excluding carboxylic acids is 1. The molecule has 0 atom stereocenters. The molecule has 3 aromatic rings. The van der Waals surface area contributed by atoms with E-state index in [0.29, 0.717) is 0 Å². The molecule has 0 aliphatic rings. The van der Waals surface area contributed by atoms with Crippen molar-refractivity contribution in [3.05, 3.63) is 93.9 Å². The van der Waals surface area contributed by atoms with Gasteiger partial charge in [-0.2, -0.15) is 0 Å². The second-order valence-electron chi connectivity index (χ2n) is 5.80. The molecule has 2 aromatic carbocycles. The Bertz CT molecular complexity index is 1190. The van der Waals surface area contributed by atoms with E-state index in [1.165, 1.54) is 42.5 Å². The zero-order chi connectivity index (χ0) is 21.0. The number of furan rings is 1. The Morgan fingerprint density at radius 2 is 1.62 bits per heavy atom. The van der Waals surface area contributed by atoms with Gasteiger partial charge in [-0.1, -0.05) is 30.3 Å². The lowest BCUT2D eigenvalue weighted by Crippen LogP contribution is -2.04. The van der Waals surface area contributed by atoms with Crippen LogP contribution in [-0.2, 0) is 14.6 Å². The summed E-state index contributed by atoms with van der Waals surface area (Å²) in [7, 11) is -2.96. The number of para-hydroxylation sites is 1. The number of nitrogens with zero attached hydrogens (tertiary/aromatic N) is 1. The van der Waals surface area contributed by atoms with E-state index in [0.717, 1.165) is 13.2 Å². The maximum Gasteiger partial charge on any atom is 0.373 e. The number of sulfone groups is 1. The van der Waals surface area contributed by atoms with Crippen LogP contribution in [0.3, 0.4) is 0 Å². The smallest absolute Gasteiger partial charge is 0.373 e. The van der Waals surface area contributed by atoms with Gasteiger partial charge in [0.1, 0.15) is 10.7 Å². The first-order valence-corrected chi connectivity index (χ1v) is 9.76. The van der Waals surface area contributed by atoms with Gasteiger partial charge in [0, 0.05) is 6.07 Å². The lowest BCUT2D eigenvalue weighted by molar-refractivity contribution is -0.385. The summed E-state index contributed by atoms with van der Waals surface area (Å²) in [4.78, 5) is 22.1. The van der Waals surface area contributed by atoms with Gasteiger partial charge in [0.25, 0.3) is 5.69 Å². The number of ether oxygens (including phenoxy) is 1. The van der Waals surface area contributed by atoms with Crippen molar-refractivity contribution in [2.24, 2.45) is 0 Å². The maximum atomic E-state index is 13.3. The van der Waals surface area contributed by atoms with Gasteiger partial charge >= 0.3 is 5.97 Å². The Morgan fingerprint density at radius 3 is 2.28 bits per heavy atom. The summed E-state index contributed by atoms with van der Waals surface area (Å²) >= 11 is 0. The summed E-state index contributed by atoms with van der Waals surface area (Å²) < 4.78 is 36.5. The lowest BCUT2D eigenvalue weighted by atomic mass is 10.1. The minimum Gasteiger partial charge on any atom is -0.463 e. The quantitative estimate of drug-likeness (QED) is 0.341. The Labute approximate surface area is 166 Å². The van der Waals surface area contributed by atoms with Gasteiger partial charge in [0.15, 0.2) is 0 Å². The van der Waals surface area contributed by atoms with Crippen LogP contribution in [0.5, 0.6) is 0 Å². The van der Waals surface area contributed by atoms with Gasteiger partial charge in [-0.25, -0.2) is 13.2 Å². The van der Waals surface area contributed by atoms with Crippen molar-refractivity contribution in [2.75, 3.05) is 7.11 Å². The zero-order valence-electron chi connectivity index (χ0n) is 15.1. The minimum atomic E-state index is -4.12. The standard InChI is InChI=1S/C20H15NO7S/c1-27-20(22)18-12-11-17(28-18)19(29(25,26)15-8-3-2-4-9-15)13-14-7-5-6-10-16(14)21(23)24/h2-13H,1H3. The first-order chi connectivity index (χ1) is 13.8. The molecule has 0 fully saturated rings. The monoisotopic (exact) mass is 413 g/mol. The molecular formula is C20H15NO7S. The highest BCUT2D eigenvalue weighted by molar-refractivity contribution is 8.00. The fourth-order valence-electron chi connectivity index (χ4n) is 2.61. The maximum absolute atomic E-state index is 13.3. The molecule has 0 bridgehead atoms. The average Bonchev–Trinajstić information content (AvgIpc) is 3.21. The lowest BCUT2D eigenvalue weighted by Gasteiger charge is -2.08. The van der Waals surface area contributed by atoms with E-state index in [4.69, 9.17) is 4.42 Å². The van der Waals surface area contributed by atoms with E-state index in [9.17, 15) is 23.3 Å². The van der Waals surface area contributed by atoms with Crippen LogP contribution < -0.4 is 0 Å². The van der Waals surface area contributed by atoms with Crippen molar-refractivity contribution in [2.45, 2.75) is 4.90 Å². The van der Waals surface area contributed by atoms with Crippen LogP contribution in [0.15, 0.2) is 76.0 Å². The first-order valence-electron chi connectivity index (χ1n) is 8.28. The largest absolute Gasteiger partial charge is 0.463 e. The summed E-state index contributed by atoms with van der Waals surface area (Å²) in [5, 5.41) is 11.3. The van der Waals surface area contributed by atoms with Crippen LogP contribution in [0.25, 0.3) is 11.0 Å². The molecule has 0 saturated heterocycles. The molecule has 0 amide bonds. The molecule has 0 unspecified atom stereocenters. The molecule has 0 saturated carbocycles. The van der Waals surface area contributed by atoms with E-state index in [1.54, 1.807) is 24.3 Å². The molecule has 3 rings (SSSR count). The highest BCUT2D eigenvalue weighted by Gasteiger charge is 2.27. The third-order valence-electron chi connectivity index (χ3n) is 4.00.